The summed E-state index contributed by atoms with van der Waals surface area (Å²) in [6.45, 7) is 3.89. The van der Waals surface area contributed by atoms with Gasteiger partial charge in [-0.25, -0.2) is 0 Å². The van der Waals surface area contributed by atoms with Gasteiger partial charge < -0.3 is 24.1 Å². The first-order valence-corrected chi connectivity index (χ1v) is 10.6. The molecule has 2 aromatic carbocycles. The van der Waals surface area contributed by atoms with Crippen molar-refractivity contribution in [1.29, 1.82) is 0 Å². The summed E-state index contributed by atoms with van der Waals surface area (Å²) in [6.07, 6.45) is 2.45. The third kappa shape index (κ3) is 4.44. The van der Waals surface area contributed by atoms with Gasteiger partial charge in [0.15, 0.2) is 17.3 Å². The van der Waals surface area contributed by atoms with E-state index in [1.165, 1.54) is 27.9 Å². The fraction of sp³-hybridized carbons (Fsp3) is 0.320. The molecule has 1 aromatic heterocycles. The van der Waals surface area contributed by atoms with Gasteiger partial charge in [-0.2, -0.15) is 0 Å². The van der Waals surface area contributed by atoms with Crippen molar-refractivity contribution in [2.45, 2.75) is 32.0 Å². The third-order valence-corrected chi connectivity index (χ3v) is 6.01. The lowest BCUT2D eigenvalue weighted by atomic mass is 9.87. The molecule has 1 aliphatic heterocycles. The highest BCUT2D eigenvalue weighted by Gasteiger charge is 2.37. The number of hydrogen-bond acceptors (Lipinski definition) is 4. The molecule has 0 radical (unpaired) electrons. The fourth-order valence-corrected chi connectivity index (χ4v) is 4.56. The summed E-state index contributed by atoms with van der Waals surface area (Å²) in [7, 11) is 3.31. The Bertz CT molecular complexity index is 1020. The van der Waals surface area contributed by atoms with Gasteiger partial charge in [0.25, 0.3) is 5.91 Å². The highest BCUT2D eigenvalue weighted by Crippen LogP contribution is 2.35. The molecule has 2 heterocycles. The van der Waals surface area contributed by atoms with E-state index in [1.807, 2.05) is 6.07 Å². The van der Waals surface area contributed by atoms with Crippen LogP contribution in [-0.2, 0) is 13.0 Å². The average molecular weight is 422 g/mol. The number of carbonyl (C=O) groups is 1. The molecule has 1 aliphatic rings. The predicted molar refractivity (Wildman–Crippen MR) is 118 cm³/mol. The van der Waals surface area contributed by atoms with E-state index in [2.05, 4.69) is 48.6 Å². The molecule has 3 atom stereocenters. The van der Waals surface area contributed by atoms with E-state index in [1.54, 1.807) is 26.4 Å². The molecule has 162 valence electrons. The summed E-state index contributed by atoms with van der Waals surface area (Å²) < 4.78 is 16.4. The molecule has 6 nitrogen and oxygen atoms in total. The molecule has 1 amide bonds. The Morgan fingerprint density at radius 1 is 1.13 bits per heavy atom. The molecular formula is C25H29N2O4+. The van der Waals surface area contributed by atoms with Crippen molar-refractivity contribution in [1.82, 2.24) is 5.32 Å². The van der Waals surface area contributed by atoms with Crippen molar-refractivity contribution in [3.05, 3.63) is 83.3 Å². The van der Waals surface area contributed by atoms with Gasteiger partial charge in [0, 0.05) is 17.5 Å². The number of amides is 1. The summed E-state index contributed by atoms with van der Waals surface area (Å²) in [5.74, 6) is 1.56. The first-order valence-electron chi connectivity index (χ1n) is 10.6. The van der Waals surface area contributed by atoms with Gasteiger partial charge in [-0.3, -0.25) is 4.79 Å². The average Bonchev–Trinajstić information content (AvgIpc) is 3.33. The normalized spacial score (nSPS) is 18.7. The van der Waals surface area contributed by atoms with Crippen molar-refractivity contribution >= 4 is 5.91 Å². The first-order chi connectivity index (χ1) is 15.1. The summed E-state index contributed by atoms with van der Waals surface area (Å²) in [6, 6.07) is 18.0. The Balaban J connectivity index is 1.68. The smallest absolute Gasteiger partial charge is 0.287 e. The maximum atomic E-state index is 12.7. The van der Waals surface area contributed by atoms with Crippen LogP contribution >= 0.6 is 0 Å². The number of benzene rings is 2. The Morgan fingerprint density at radius 2 is 1.87 bits per heavy atom. The van der Waals surface area contributed by atoms with Crippen molar-refractivity contribution in [3.63, 3.8) is 0 Å². The zero-order chi connectivity index (χ0) is 21.8. The van der Waals surface area contributed by atoms with Crippen LogP contribution < -0.4 is 19.7 Å². The van der Waals surface area contributed by atoms with Crippen LogP contribution in [0.5, 0.6) is 11.5 Å². The van der Waals surface area contributed by atoms with E-state index in [0.717, 1.165) is 25.3 Å². The van der Waals surface area contributed by atoms with Gasteiger partial charge in [0.2, 0.25) is 0 Å². The fourth-order valence-electron chi connectivity index (χ4n) is 4.56. The van der Waals surface area contributed by atoms with Crippen LogP contribution in [0.4, 0.5) is 0 Å². The summed E-state index contributed by atoms with van der Waals surface area (Å²) in [5, 5.41) is 3.15. The second-order valence-corrected chi connectivity index (χ2v) is 7.94. The maximum Gasteiger partial charge on any atom is 0.287 e. The Morgan fingerprint density at radius 3 is 2.55 bits per heavy atom. The second-order valence-electron chi connectivity index (χ2n) is 7.94. The second kappa shape index (κ2) is 9.27. The van der Waals surface area contributed by atoms with Gasteiger partial charge >= 0.3 is 0 Å². The monoisotopic (exact) mass is 421 g/mol. The minimum absolute atomic E-state index is 0.0580. The van der Waals surface area contributed by atoms with E-state index in [9.17, 15) is 4.79 Å². The molecule has 2 N–H and O–H groups in total. The van der Waals surface area contributed by atoms with E-state index in [-0.39, 0.29) is 18.0 Å². The number of ether oxygens (including phenoxy) is 2. The molecule has 0 bridgehead atoms. The number of nitrogens with one attached hydrogen (secondary N) is 2. The van der Waals surface area contributed by atoms with E-state index >= 15 is 0 Å². The standard InChI is InChI=1S/C25H28N2O4/c1-17(26-25(28)21-10-7-13-31-21)24-20-15-23(30-3)22(29-2)14-19(20)11-12-27(24)16-18-8-5-4-6-9-18/h4-10,13-15,17,24H,11-12,16H2,1-3H3,(H,26,28)/p+1/t17-,24-/m0/s1. The Kier molecular flexibility index (Phi) is 6.28. The minimum atomic E-state index is -0.204. The van der Waals surface area contributed by atoms with Crippen LogP contribution in [0.3, 0.4) is 0 Å². The van der Waals surface area contributed by atoms with Crippen LogP contribution in [0.25, 0.3) is 0 Å². The molecule has 1 unspecified atom stereocenters. The van der Waals surface area contributed by atoms with Gasteiger partial charge in [-0.15, -0.1) is 0 Å². The van der Waals surface area contributed by atoms with Crippen molar-refractivity contribution < 1.29 is 23.6 Å². The zero-order valence-corrected chi connectivity index (χ0v) is 18.2. The van der Waals surface area contributed by atoms with Crippen molar-refractivity contribution in [3.8, 4) is 11.5 Å². The molecular weight excluding hydrogens is 392 g/mol. The summed E-state index contributed by atoms with van der Waals surface area (Å²) in [5.41, 5.74) is 3.69. The molecule has 0 fully saturated rings. The molecule has 0 aliphatic carbocycles. The molecule has 4 rings (SSSR count). The number of hydrogen-bond donors (Lipinski definition) is 2. The van der Waals surface area contributed by atoms with Gasteiger partial charge in [-0.1, -0.05) is 30.3 Å². The minimum Gasteiger partial charge on any atom is -0.493 e. The number of rotatable bonds is 7. The molecule has 3 aromatic rings. The molecule has 31 heavy (non-hydrogen) atoms. The lowest BCUT2D eigenvalue weighted by molar-refractivity contribution is -0.948. The maximum absolute atomic E-state index is 12.7. The topological polar surface area (TPSA) is 65.1 Å². The zero-order valence-electron chi connectivity index (χ0n) is 18.2. The number of methoxy groups -OCH3 is 2. The quantitative estimate of drug-likeness (QED) is 0.616. The van der Waals surface area contributed by atoms with E-state index in [4.69, 9.17) is 13.9 Å². The van der Waals surface area contributed by atoms with Crippen molar-refractivity contribution in [2.75, 3.05) is 20.8 Å². The van der Waals surface area contributed by atoms with Crippen LogP contribution in [0, 0.1) is 0 Å². The molecule has 0 saturated heterocycles. The van der Waals surface area contributed by atoms with E-state index in [0.29, 0.717) is 11.5 Å². The predicted octanol–water partition coefficient (Wildman–Crippen LogP) is 2.80. The van der Waals surface area contributed by atoms with Gasteiger partial charge in [0.05, 0.1) is 33.1 Å². The third-order valence-electron chi connectivity index (χ3n) is 6.01. The lowest BCUT2D eigenvalue weighted by Gasteiger charge is -2.38. The Labute approximate surface area is 182 Å². The Hall–Kier alpha value is -3.25. The highest BCUT2D eigenvalue weighted by molar-refractivity contribution is 5.91. The van der Waals surface area contributed by atoms with Gasteiger partial charge in [0.1, 0.15) is 12.6 Å². The highest BCUT2D eigenvalue weighted by atomic mass is 16.5. The number of fused-ring (bicyclic) bond motifs is 1. The number of quaternary nitrogens is 1. The summed E-state index contributed by atoms with van der Waals surface area (Å²) >= 11 is 0. The summed E-state index contributed by atoms with van der Waals surface area (Å²) in [4.78, 5) is 14.1. The van der Waals surface area contributed by atoms with Crippen LogP contribution in [0.1, 0.15) is 40.2 Å². The van der Waals surface area contributed by atoms with Crippen molar-refractivity contribution in [2.24, 2.45) is 0 Å². The number of furan rings is 1. The largest absolute Gasteiger partial charge is 0.493 e. The molecule has 6 heteroatoms. The molecule has 0 spiro atoms. The van der Waals surface area contributed by atoms with E-state index < -0.39 is 0 Å². The SMILES string of the molecule is COc1cc2c(cc1OC)[C@H]([C@H](C)NC(=O)c1ccco1)[NH+](Cc1ccccc1)CC2. The van der Waals surface area contributed by atoms with Crippen LogP contribution in [-0.4, -0.2) is 32.7 Å². The lowest BCUT2D eigenvalue weighted by Crippen LogP contribution is -3.13. The number of carbonyl (C=O) groups excluding carboxylic acids is 1. The molecule has 0 saturated carbocycles. The first kappa shape index (κ1) is 21.0. The van der Waals surface area contributed by atoms with Gasteiger partial charge in [-0.05, 0) is 36.8 Å². The van der Waals surface area contributed by atoms with Crippen LogP contribution in [0.2, 0.25) is 0 Å². The van der Waals surface area contributed by atoms with Crippen LogP contribution in [0.15, 0.2) is 65.3 Å².